The fourth-order valence-corrected chi connectivity index (χ4v) is 6.71. The van der Waals surface area contributed by atoms with Crippen molar-refractivity contribution < 1.29 is 38.1 Å². The zero-order valence-electron chi connectivity index (χ0n) is 40.7. The van der Waals surface area contributed by atoms with Gasteiger partial charge in [-0.3, -0.25) is 30.2 Å². The van der Waals surface area contributed by atoms with Gasteiger partial charge in [0.1, 0.15) is 24.7 Å². The first kappa shape index (κ1) is 58.2. The maximum absolute atomic E-state index is 12.3. The molecular weight excluding hydrogens is 986 g/mol. The first-order valence-electron chi connectivity index (χ1n) is 23.8. The van der Waals surface area contributed by atoms with E-state index in [2.05, 4.69) is 51.9 Å². The van der Waals surface area contributed by atoms with Crippen molar-refractivity contribution in [3.05, 3.63) is 99.3 Å². The third-order valence-electron chi connectivity index (χ3n) is 10.3. The molecule has 4 rings (SSSR count). The minimum absolute atomic E-state index is 0.0443. The minimum atomic E-state index is -0.689. The Kier molecular flexibility index (Phi) is 26.6. The topological polar surface area (TPSA) is 358 Å². The summed E-state index contributed by atoms with van der Waals surface area (Å²) in [6, 6.07) is 19.6. The lowest BCUT2D eigenvalue weighted by Gasteiger charge is -2.10. The highest BCUT2D eigenvalue weighted by atomic mass is 35.5. The molecule has 0 atom stereocenters. The lowest BCUT2D eigenvalue weighted by Crippen LogP contribution is -2.39. The van der Waals surface area contributed by atoms with Gasteiger partial charge < -0.3 is 68.9 Å². The third-order valence-corrected chi connectivity index (χ3v) is 10.9. The van der Waals surface area contributed by atoms with Gasteiger partial charge in [0.25, 0.3) is 11.8 Å². The van der Waals surface area contributed by atoms with Gasteiger partial charge in [-0.05, 0) is 105 Å². The van der Waals surface area contributed by atoms with Crippen LogP contribution in [0.15, 0.2) is 76.7 Å². The predicted molar refractivity (Wildman–Crippen MR) is 283 cm³/mol. The zero-order chi connectivity index (χ0) is 52.6. The highest BCUT2D eigenvalue weighted by molar-refractivity contribution is 6.33. The molecule has 23 nitrogen and oxygen atoms in total. The van der Waals surface area contributed by atoms with E-state index in [1.165, 1.54) is 6.07 Å². The monoisotopic (exact) mass is 1050 g/mol. The molecule has 0 aliphatic rings. The van der Waals surface area contributed by atoms with Gasteiger partial charge in [-0.2, -0.15) is 0 Å². The number of amides is 6. The molecule has 0 aliphatic heterocycles. The van der Waals surface area contributed by atoms with Gasteiger partial charge in [-0.25, -0.2) is 19.6 Å². The van der Waals surface area contributed by atoms with Crippen LogP contribution in [-0.4, -0.2) is 125 Å². The maximum atomic E-state index is 12.3. The van der Waals surface area contributed by atoms with E-state index in [0.29, 0.717) is 108 Å². The van der Waals surface area contributed by atoms with Crippen LogP contribution in [0.2, 0.25) is 10.2 Å². The van der Waals surface area contributed by atoms with Crippen LogP contribution in [0.1, 0.15) is 70.5 Å². The van der Waals surface area contributed by atoms with Crippen LogP contribution in [0.25, 0.3) is 0 Å². The number of ether oxygens (including phenoxy) is 4. The van der Waals surface area contributed by atoms with Crippen molar-refractivity contribution in [1.29, 1.82) is 0 Å². The van der Waals surface area contributed by atoms with Crippen molar-refractivity contribution >= 4 is 76.3 Å². The average molecular weight is 1050 g/mol. The number of aryl methyl sites for hydroxylation is 2. The molecule has 16 N–H and O–H groups in total. The Morgan fingerprint density at radius 2 is 1.01 bits per heavy atom. The van der Waals surface area contributed by atoms with Crippen LogP contribution in [0.3, 0.4) is 0 Å². The molecule has 0 radical (unpaired) electrons. The third kappa shape index (κ3) is 24.1. The van der Waals surface area contributed by atoms with E-state index < -0.39 is 11.8 Å². The van der Waals surface area contributed by atoms with Crippen molar-refractivity contribution in [2.24, 2.45) is 21.5 Å². The van der Waals surface area contributed by atoms with Crippen molar-refractivity contribution in [3.8, 4) is 11.5 Å². The van der Waals surface area contributed by atoms with Gasteiger partial charge in [0.15, 0.2) is 34.4 Å². The van der Waals surface area contributed by atoms with Crippen LogP contribution < -0.4 is 70.0 Å². The quantitative estimate of drug-likeness (QED) is 0.0149. The largest absolute Gasteiger partial charge is 0.491 e. The number of nitrogens with one attached hydrogen (secondary N) is 6. The number of nitrogen functional groups attached to an aromatic ring is 3. The number of carbonyl (C=O) groups excluding carboxylic acids is 4. The first-order chi connectivity index (χ1) is 35.3. The number of nitrogens with zero attached hydrogens (tertiary/aromatic N) is 4. The Labute approximate surface area is 434 Å². The second kappa shape index (κ2) is 33.3. The lowest BCUT2D eigenvalue weighted by atomic mass is 10.1. The average Bonchev–Trinajstić information content (AvgIpc) is 3.36. The van der Waals surface area contributed by atoms with E-state index >= 15 is 0 Å². The fraction of sp³-hybridized carbons (Fsp3) is 0.417. The molecule has 3 aromatic carbocycles. The Hall–Kier alpha value is -7.34. The lowest BCUT2D eigenvalue weighted by molar-refractivity contribution is 0.0965. The number of aliphatic imine (C=N–C) groups is 2. The molecule has 1 heterocycles. The second-order valence-electron chi connectivity index (χ2n) is 16.0. The summed E-state index contributed by atoms with van der Waals surface area (Å²) in [6.07, 6.45) is 6.35. The summed E-state index contributed by atoms with van der Waals surface area (Å²) in [5, 5.41) is 16.2. The van der Waals surface area contributed by atoms with Crippen LogP contribution in [0.5, 0.6) is 11.5 Å². The smallest absolute Gasteiger partial charge is 0.314 e. The number of unbranched alkanes of at least 4 members (excludes halogenated alkanes) is 3. The van der Waals surface area contributed by atoms with Crippen LogP contribution >= 0.6 is 23.2 Å². The molecule has 0 unspecified atom stereocenters. The van der Waals surface area contributed by atoms with Crippen molar-refractivity contribution in [2.45, 2.75) is 51.4 Å². The zero-order valence-corrected chi connectivity index (χ0v) is 42.2. The molecular formula is C48H67Cl2N15O8. The highest BCUT2D eigenvalue weighted by Crippen LogP contribution is 2.20. The van der Waals surface area contributed by atoms with Crippen molar-refractivity contribution in [3.63, 3.8) is 0 Å². The van der Waals surface area contributed by atoms with Gasteiger partial charge in [0.2, 0.25) is 0 Å². The van der Waals surface area contributed by atoms with Crippen molar-refractivity contribution in [2.75, 3.05) is 96.1 Å². The maximum Gasteiger partial charge on any atom is 0.314 e. The number of urea groups is 2. The molecule has 4 aromatic rings. The molecule has 0 saturated carbocycles. The fourth-order valence-electron chi connectivity index (χ4n) is 6.40. The normalized spacial score (nSPS) is 11.4. The number of guanidine groups is 2. The minimum Gasteiger partial charge on any atom is -0.491 e. The van der Waals surface area contributed by atoms with E-state index in [1.807, 2.05) is 48.5 Å². The Bertz CT molecular complexity index is 2420. The van der Waals surface area contributed by atoms with Crippen LogP contribution in [0, 0.1) is 0 Å². The van der Waals surface area contributed by atoms with E-state index in [0.717, 1.165) is 61.2 Å². The second-order valence-corrected chi connectivity index (χ2v) is 16.8. The molecule has 0 spiro atoms. The first-order valence-corrected chi connectivity index (χ1v) is 24.5. The summed E-state index contributed by atoms with van der Waals surface area (Å²) in [5.74, 6) is 0.0779. The summed E-state index contributed by atoms with van der Waals surface area (Å²) in [6.45, 7) is 4.64. The number of anilines is 3. The van der Waals surface area contributed by atoms with E-state index in [1.54, 1.807) is 12.1 Å². The molecule has 73 heavy (non-hydrogen) atoms. The molecule has 0 aliphatic carbocycles. The van der Waals surface area contributed by atoms with Crippen LogP contribution in [-0.2, 0) is 22.3 Å². The van der Waals surface area contributed by atoms with Crippen molar-refractivity contribution in [1.82, 2.24) is 41.9 Å². The van der Waals surface area contributed by atoms with Crippen LogP contribution in [0.4, 0.5) is 26.9 Å². The summed E-state index contributed by atoms with van der Waals surface area (Å²) in [5.41, 5.74) is 31.4. The summed E-state index contributed by atoms with van der Waals surface area (Å²) >= 11 is 11.8. The van der Waals surface area contributed by atoms with Gasteiger partial charge in [0.05, 0.1) is 37.1 Å². The molecule has 396 valence electrons. The van der Waals surface area contributed by atoms with E-state index in [-0.39, 0.29) is 46.5 Å². The standard InChI is InChI=1S/C48H67Cl2N15O8/c49-37-31-34(13-18-38(37)51)43(66)64-45(54)56-19-3-1-7-32-9-14-35(15-10-32)72-29-27-70-25-23-60-47(68)58-21-5-6-22-59-48(69)61-24-26-71-28-30-73-36-16-11-33(12-17-36)8-2-4-20-57-46(55)65-44(67)39-41(52)63-42(53)40(50)62-39/h9-18,31H,1-8,19-30,51H2,(H4,52,53,63)(H2,58,60,68)(H2,59,61,69)(H3,54,56,64,66)(H3,55,57,65,67). The Morgan fingerprint density at radius 3 is 1.51 bits per heavy atom. The number of hydrogen-bond donors (Lipinski definition) is 11. The SMILES string of the molecule is NC(=NCCCCc1ccc(OCCOCCNC(=O)NCCCCNC(=O)NCCOCCOc2ccc(CCCCN=C(N)NC(=O)c3nc(Cl)c(N)nc3N)cc2)cc1)NC(=O)c1ccc(N)c(Cl)c1. The Morgan fingerprint density at radius 1 is 0.534 bits per heavy atom. The number of aromatic nitrogens is 2. The molecule has 0 fully saturated rings. The van der Waals surface area contributed by atoms with Gasteiger partial charge in [-0.15, -0.1) is 0 Å². The van der Waals surface area contributed by atoms with E-state index in [9.17, 15) is 19.2 Å². The number of halogens is 2. The molecule has 6 amide bonds. The summed E-state index contributed by atoms with van der Waals surface area (Å²) in [7, 11) is 0. The molecule has 0 saturated heterocycles. The molecule has 1 aromatic heterocycles. The number of hydrogen-bond acceptors (Lipinski definition) is 15. The number of rotatable bonds is 31. The van der Waals surface area contributed by atoms with Gasteiger partial charge >= 0.3 is 12.1 Å². The van der Waals surface area contributed by atoms with Gasteiger partial charge in [0, 0.05) is 44.8 Å². The van der Waals surface area contributed by atoms with Gasteiger partial charge in [-0.1, -0.05) is 47.5 Å². The summed E-state index contributed by atoms with van der Waals surface area (Å²) in [4.78, 5) is 64.8. The number of carbonyl (C=O) groups is 4. The summed E-state index contributed by atoms with van der Waals surface area (Å²) < 4.78 is 22.6. The molecule has 0 bridgehead atoms. The van der Waals surface area contributed by atoms with E-state index in [4.69, 9.17) is 70.8 Å². The number of nitrogens with two attached hydrogens (primary N) is 5. The predicted octanol–water partition coefficient (Wildman–Crippen LogP) is 3.53. The highest BCUT2D eigenvalue weighted by Gasteiger charge is 2.17. The molecule has 25 heteroatoms. The Balaban J connectivity index is 0.880. The number of benzene rings is 3.